The van der Waals surface area contributed by atoms with E-state index in [0.717, 1.165) is 5.56 Å². The van der Waals surface area contributed by atoms with Crippen LogP contribution in [0.3, 0.4) is 0 Å². The highest BCUT2D eigenvalue weighted by atomic mass is 31.2. The average molecular weight is 524 g/mol. The smallest absolute Gasteiger partial charge is 0.272 e. The molecule has 2 aromatic heterocycles. The van der Waals surface area contributed by atoms with Crippen molar-refractivity contribution in [2.75, 3.05) is 24.9 Å². The maximum Gasteiger partial charge on any atom is 0.272 e. The molecule has 9 nitrogen and oxygen atoms in total. The fraction of sp³-hybridized carbons (Fsp3) is 0.370. The number of imidazole rings is 1. The highest BCUT2D eigenvalue weighted by Crippen LogP contribution is 2.48. The maximum absolute atomic E-state index is 13.8. The third kappa shape index (κ3) is 7.38. The van der Waals surface area contributed by atoms with Crippen molar-refractivity contribution >= 4 is 24.4 Å². The SMILES string of the molecule is Cc1ccc(COCCCP(=O)(CO[C@H](C)Cn2cnc3c(N)ncnc32)Oc2ccccc2)c(C)c1. The van der Waals surface area contributed by atoms with Crippen LogP contribution < -0.4 is 10.3 Å². The molecule has 2 heterocycles. The van der Waals surface area contributed by atoms with E-state index in [1.165, 1.54) is 17.5 Å². The topological polar surface area (TPSA) is 114 Å². The van der Waals surface area contributed by atoms with Gasteiger partial charge in [-0.05, 0) is 50.5 Å². The molecule has 10 heteroatoms. The molecule has 0 spiro atoms. The molecule has 4 aromatic rings. The first-order valence-electron chi connectivity index (χ1n) is 12.3. The number of fused-ring (bicyclic) bond motifs is 1. The second kappa shape index (κ2) is 12.3. The summed E-state index contributed by atoms with van der Waals surface area (Å²) in [4.78, 5) is 12.5. The van der Waals surface area contributed by atoms with Gasteiger partial charge in [-0.1, -0.05) is 42.0 Å². The fourth-order valence-electron chi connectivity index (χ4n) is 4.01. The minimum atomic E-state index is -3.14. The highest BCUT2D eigenvalue weighted by molar-refractivity contribution is 7.59. The minimum Gasteiger partial charge on any atom is -0.441 e. The van der Waals surface area contributed by atoms with Crippen LogP contribution in [0.25, 0.3) is 11.2 Å². The molecule has 0 amide bonds. The molecular weight excluding hydrogens is 489 g/mol. The second-order valence-electron chi connectivity index (χ2n) is 9.21. The minimum absolute atomic E-state index is 0.0100. The lowest BCUT2D eigenvalue weighted by atomic mass is 10.1. The highest BCUT2D eigenvalue weighted by Gasteiger charge is 2.26. The van der Waals surface area contributed by atoms with Gasteiger partial charge in [0.1, 0.15) is 23.9 Å². The van der Waals surface area contributed by atoms with Gasteiger partial charge in [-0.25, -0.2) is 15.0 Å². The number of aromatic nitrogens is 4. The molecule has 0 saturated carbocycles. The molecular formula is C27H34N5O4P. The van der Waals surface area contributed by atoms with E-state index in [1.54, 1.807) is 18.5 Å². The van der Waals surface area contributed by atoms with Gasteiger partial charge < -0.3 is 24.3 Å². The van der Waals surface area contributed by atoms with Gasteiger partial charge in [0.2, 0.25) is 0 Å². The zero-order valence-corrected chi connectivity index (χ0v) is 22.4. The molecule has 2 atom stereocenters. The number of nitrogen functional groups attached to an aromatic ring is 1. The molecule has 0 fully saturated rings. The monoisotopic (exact) mass is 523 g/mol. The Morgan fingerprint density at radius 2 is 1.89 bits per heavy atom. The molecule has 2 aromatic carbocycles. The van der Waals surface area contributed by atoms with Crippen LogP contribution >= 0.6 is 7.37 Å². The Morgan fingerprint density at radius 3 is 2.68 bits per heavy atom. The lowest BCUT2D eigenvalue weighted by Crippen LogP contribution is -2.19. The molecule has 0 aliphatic carbocycles. The third-order valence-corrected chi connectivity index (χ3v) is 8.08. The summed E-state index contributed by atoms with van der Waals surface area (Å²) in [6.45, 7) is 7.55. The van der Waals surface area contributed by atoms with Gasteiger partial charge in [-0.3, -0.25) is 4.57 Å². The van der Waals surface area contributed by atoms with Crippen LogP contribution in [-0.4, -0.2) is 44.7 Å². The van der Waals surface area contributed by atoms with E-state index in [0.29, 0.717) is 55.1 Å². The van der Waals surface area contributed by atoms with Crippen molar-refractivity contribution in [1.29, 1.82) is 0 Å². The van der Waals surface area contributed by atoms with E-state index < -0.39 is 7.37 Å². The number of nitrogens with two attached hydrogens (primary N) is 1. The Hall–Kier alpha value is -3.26. The van der Waals surface area contributed by atoms with Crippen LogP contribution in [0.4, 0.5) is 5.82 Å². The number of anilines is 1. The first-order valence-corrected chi connectivity index (χ1v) is 14.3. The molecule has 37 heavy (non-hydrogen) atoms. The van der Waals surface area contributed by atoms with Crippen molar-refractivity contribution in [3.63, 3.8) is 0 Å². The van der Waals surface area contributed by atoms with Crippen LogP contribution in [0.15, 0.2) is 61.2 Å². The fourth-order valence-corrected chi connectivity index (χ4v) is 5.88. The molecule has 4 rings (SSSR count). The van der Waals surface area contributed by atoms with Crippen LogP contribution in [0.2, 0.25) is 0 Å². The van der Waals surface area contributed by atoms with E-state index in [2.05, 4.69) is 47.0 Å². The largest absolute Gasteiger partial charge is 0.441 e. The van der Waals surface area contributed by atoms with E-state index in [4.69, 9.17) is 19.7 Å². The standard InChI is InChI=1S/C27H34N5O4P/c1-20-10-11-23(21(2)14-20)16-34-12-7-13-37(33,36-24-8-5-4-6-9-24)19-35-22(3)15-32-18-31-25-26(28)29-17-30-27(25)32/h4-6,8-11,14,17-18,22H,7,12-13,15-16,19H2,1-3H3,(H2,28,29,30)/t22-,37?/m1/s1. The summed E-state index contributed by atoms with van der Waals surface area (Å²) in [6.07, 6.45) is 3.73. The summed E-state index contributed by atoms with van der Waals surface area (Å²) in [6, 6.07) is 15.5. The maximum atomic E-state index is 13.8. The van der Waals surface area contributed by atoms with Crippen LogP contribution in [0.1, 0.15) is 30.0 Å². The lowest BCUT2D eigenvalue weighted by Gasteiger charge is -2.22. The number of rotatable bonds is 13. The quantitative estimate of drug-likeness (QED) is 0.184. The summed E-state index contributed by atoms with van der Waals surface area (Å²) in [7, 11) is -3.14. The van der Waals surface area contributed by atoms with Gasteiger partial charge in [0.05, 0.1) is 25.6 Å². The zero-order chi connectivity index (χ0) is 26.3. The lowest BCUT2D eigenvalue weighted by molar-refractivity contribution is 0.0824. The van der Waals surface area contributed by atoms with Crippen LogP contribution in [0, 0.1) is 13.8 Å². The first kappa shape index (κ1) is 26.8. The second-order valence-corrected chi connectivity index (χ2v) is 11.7. The molecule has 1 unspecified atom stereocenters. The predicted octanol–water partition coefficient (Wildman–Crippen LogP) is 5.35. The Labute approximate surface area is 217 Å². The van der Waals surface area contributed by atoms with E-state index in [9.17, 15) is 4.57 Å². The van der Waals surface area contributed by atoms with Gasteiger partial charge in [-0.15, -0.1) is 0 Å². The van der Waals surface area contributed by atoms with E-state index in [1.807, 2.05) is 29.7 Å². The van der Waals surface area contributed by atoms with Gasteiger partial charge in [0, 0.05) is 12.8 Å². The van der Waals surface area contributed by atoms with Crippen LogP contribution in [-0.2, 0) is 27.2 Å². The normalized spacial score (nSPS) is 13.9. The van der Waals surface area contributed by atoms with Crippen molar-refractivity contribution in [1.82, 2.24) is 19.5 Å². The Kier molecular flexibility index (Phi) is 8.92. The number of para-hydroxylation sites is 1. The van der Waals surface area contributed by atoms with Gasteiger partial charge in [-0.2, -0.15) is 0 Å². The number of ether oxygens (including phenoxy) is 2. The molecule has 2 N–H and O–H groups in total. The molecule has 0 saturated heterocycles. The molecule has 0 radical (unpaired) electrons. The summed E-state index contributed by atoms with van der Waals surface area (Å²) < 4.78 is 33.6. The molecule has 196 valence electrons. The van der Waals surface area contributed by atoms with Crippen molar-refractivity contribution in [2.24, 2.45) is 0 Å². The molecule has 0 aliphatic heterocycles. The van der Waals surface area contributed by atoms with E-state index in [-0.39, 0.29) is 12.5 Å². The first-order chi connectivity index (χ1) is 17.8. The number of aryl methyl sites for hydroxylation is 2. The third-order valence-electron chi connectivity index (χ3n) is 6.00. The number of hydrogen-bond donors (Lipinski definition) is 1. The number of nitrogens with zero attached hydrogens (tertiary/aromatic N) is 4. The summed E-state index contributed by atoms with van der Waals surface area (Å²) in [5.41, 5.74) is 10.7. The van der Waals surface area contributed by atoms with Crippen molar-refractivity contribution in [3.8, 4) is 5.75 Å². The average Bonchev–Trinajstić information content (AvgIpc) is 3.28. The molecule has 0 aliphatic rings. The van der Waals surface area contributed by atoms with Crippen LogP contribution in [0.5, 0.6) is 5.75 Å². The van der Waals surface area contributed by atoms with Gasteiger partial charge in [0.25, 0.3) is 7.37 Å². The van der Waals surface area contributed by atoms with Crippen molar-refractivity contribution < 1.29 is 18.6 Å². The van der Waals surface area contributed by atoms with E-state index >= 15 is 0 Å². The van der Waals surface area contributed by atoms with Gasteiger partial charge in [0.15, 0.2) is 11.5 Å². The van der Waals surface area contributed by atoms with Crippen molar-refractivity contribution in [3.05, 3.63) is 77.9 Å². The number of benzene rings is 2. The number of hydrogen-bond acceptors (Lipinski definition) is 8. The zero-order valence-electron chi connectivity index (χ0n) is 21.5. The van der Waals surface area contributed by atoms with Gasteiger partial charge >= 0.3 is 0 Å². The predicted molar refractivity (Wildman–Crippen MR) is 145 cm³/mol. The van der Waals surface area contributed by atoms with Crippen molar-refractivity contribution in [2.45, 2.75) is 46.4 Å². The Balaban J connectivity index is 1.33. The summed E-state index contributed by atoms with van der Waals surface area (Å²) in [5, 5.41) is 0. The Bertz CT molecular complexity index is 1360. The summed E-state index contributed by atoms with van der Waals surface area (Å²) in [5.74, 6) is 0.893. The molecule has 0 bridgehead atoms. The Morgan fingerprint density at radius 1 is 1.08 bits per heavy atom. The summed E-state index contributed by atoms with van der Waals surface area (Å²) >= 11 is 0.